The second-order valence-corrected chi connectivity index (χ2v) is 5.79. The maximum atomic E-state index is 9.77. The normalized spacial score (nSPS) is 12.3. The Morgan fingerprint density at radius 3 is 2.42 bits per heavy atom. The Hall–Kier alpha value is -0.740. The number of rotatable bonds is 3. The maximum Gasteiger partial charge on any atom is 0.146 e. The number of ether oxygens (including phenoxy) is 1. The Kier molecular flexibility index (Phi) is 4.74. The summed E-state index contributed by atoms with van der Waals surface area (Å²) in [6.45, 7) is 1.68. The maximum absolute atomic E-state index is 9.77. The molecule has 2 aromatic carbocycles. The van der Waals surface area contributed by atoms with Gasteiger partial charge >= 0.3 is 0 Å². The smallest absolute Gasteiger partial charge is 0.146 e. The molecule has 2 rings (SSSR count). The lowest BCUT2D eigenvalue weighted by atomic mass is 10.1. The predicted molar refractivity (Wildman–Crippen MR) is 81.3 cm³/mol. The zero-order valence-electron chi connectivity index (χ0n) is 10.0. The number of aliphatic hydroxyl groups is 1. The van der Waals surface area contributed by atoms with Gasteiger partial charge < -0.3 is 9.84 Å². The van der Waals surface area contributed by atoms with Crippen molar-refractivity contribution in [1.82, 2.24) is 0 Å². The van der Waals surface area contributed by atoms with Gasteiger partial charge in [0.25, 0.3) is 0 Å². The molecule has 0 aromatic heterocycles. The van der Waals surface area contributed by atoms with Crippen molar-refractivity contribution < 1.29 is 9.84 Å². The fraction of sp³-hybridized carbons (Fsp3) is 0.143. The third-order valence-corrected chi connectivity index (χ3v) is 3.56. The van der Waals surface area contributed by atoms with Gasteiger partial charge in [-0.15, -0.1) is 0 Å². The van der Waals surface area contributed by atoms with Gasteiger partial charge in [0.05, 0.1) is 11.1 Å². The van der Waals surface area contributed by atoms with Crippen LogP contribution in [0, 0.1) is 0 Å². The summed E-state index contributed by atoms with van der Waals surface area (Å²) in [5.74, 6) is 1.05. The second kappa shape index (κ2) is 6.14. The number of benzene rings is 2. The highest BCUT2D eigenvalue weighted by atomic mass is 79.9. The van der Waals surface area contributed by atoms with Crippen LogP contribution < -0.4 is 4.74 Å². The SMILES string of the molecule is CC(O)c1cc(Br)ccc1Oc1ccc(Cl)cc1Cl. The summed E-state index contributed by atoms with van der Waals surface area (Å²) < 4.78 is 6.61. The highest BCUT2D eigenvalue weighted by Crippen LogP contribution is 2.36. The predicted octanol–water partition coefficient (Wildman–Crippen LogP) is 5.60. The molecule has 1 N–H and O–H groups in total. The summed E-state index contributed by atoms with van der Waals surface area (Å²) in [4.78, 5) is 0. The van der Waals surface area contributed by atoms with Crippen molar-refractivity contribution in [1.29, 1.82) is 0 Å². The molecule has 0 heterocycles. The molecule has 2 nitrogen and oxygen atoms in total. The van der Waals surface area contributed by atoms with Crippen LogP contribution in [0.1, 0.15) is 18.6 Å². The molecule has 1 atom stereocenters. The van der Waals surface area contributed by atoms with E-state index in [0.717, 1.165) is 4.47 Å². The third kappa shape index (κ3) is 3.63. The first-order valence-electron chi connectivity index (χ1n) is 5.58. The van der Waals surface area contributed by atoms with Crippen molar-refractivity contribution in [3.63, 3.8) is 0 Å². The first kappa shape index (κ1) is 14.7. The number of aliphatic hydroxyl groups excluding tert-OH is 1. The van der Waals surface area contributed by atoms with Crippen LogP contribution in [0.25, 0.3) is 0 Å². The minimum Gasteiger partial charge on any atom is -0.455 e. The van der Waals surface area contributed by atoms with Crippen molar-refractivity contribution in [2.24, 2.45) is 0 Å². The van der Waals surface area contributed by atoms with Crippen molar-refractivity contribution in [3.05, 3.63) is 56.5 Å². The average Bonchev–Trinajstić information content (AvgIpc) is 2.34. The zero-order valence-corrected chi connectivity index (χ0v) is 13.1. The highest BCUT2D eigenvalue weighted by Gasteiger charge is 2.12. The van der Waals surface area contributed by atoms with Gasteiger partial charge in [-0.25, -0.2) is 0 Å². The van der Waals surface area contributed by atoms with E-state index < -0.39 is 6.10 Å². The molecule has 0 spiro atoms. The van der Waals surface area contributed by atoms with E-state index in [1.54, 1.807) is 31.2 Å². The van der Waals surface area contributed by atoms with Crippen LogP contribution in [0.4, 0.5) is 0 Å². The largest absolute Gasteiger partial charge is 0.455 e. The molecule has 0 saturated heterocycles. The third-order valence-electron chi connectivity index (χ3n) is 2.54. The second-order valence-electron chi connectivity index (χ2n) is 4.03. The molecule has 0 amide bonds. The van der Waals surface area contributed by atoms with E-state index in [4.69, 9.17) is 27.9 Å². The number of halogens is 3. The Morgan fingerprint density at radius 1 is 1.11 bits per heavy atom. The van der Waals surface area contributed by atoms with Crippen molar-refractivity contribution >= 4 is 39.1 Å². The van der Waals surface area contributed by atoms with Crippen LogP contribution in [-0.2, 0) is 0 Å². The summed E-state index contributed by atoms with van der Waals surface area (Å²) in [7, 11) is 0. The van der Waals surface area contributed by atoms with Gasteiger partial charge in [-0.3, -0.25) is 0 Å². The molecule has 0 fully saturated rings. The van der Waals surface area contributed by atoms with E-state index >= 15 is 0 Å². The fourth-order valence-corrected chi connectivity index (χ4v) is 2.44. The van der Waals surface area contributed by atoms with Crippen LogP contribution in [0.5, 0.6) is 11.5 Å². The minimum atomic E-state index is -0.640. The Morgan fingerprint density at radius 2 is 1.79 bits per heavy atom. The Bertz CT molecular complexity index is 600. The average molecular weight is 362 g/mol. The molecule has 0 radical (unpaired) electrons. The molecular formula is C14H11BrCl2O2. The standard InChI is InChI=1S/C14H11BrCl2O2/c1-8(18)11-6-9(15)2-4-13(11)19-14-5-3-10(16)7-12(14)17/h2-8,18H,1H3. The molecule has 1 unspecified atom stereocenters. The molecule has 0 aliphatic rings. The topological polar surface area (TPSA) is 29.5 Å². The van der Waals surface area contributed by atoms with E-state index in [-0.39, 0.29) is 0 Å². The molecule has 0 saturated carbocycles. The van der Waals surface area contributed by atoms with Gasteiger partial charge in [0.15, 0.2) is 0 Å². The van der Waals surface area contributed by atoms with Gasteiger partial charge in [-0.05, 0) is 43.3 Å². The zero-order chi connectivity index (χ0) is 14.0. The number of hydrogen-bond donors (Lipinski definition) is 1. The van der Waals surface area contributed by atoms with Gasteiger partial charge in [-0.2, -0.15) is 0 Å². The highest BCUT2D eigenvalue weighted by molar-refractivity contribution is 9.10. The van der Waals surface area contributed by atoms with Crippen LogP contribution >= 0.6 is 39.1 Å². The summed E-state index contributed by atoms with van der Waals surface area (Å²) in [5, 5.41) is 10.7. The van der Waals surface area contributed by atoms with Gasteiger partial charge in [-0.1, -0.05) is 39.1 Å². The molecule has 0 bridgehead atoms. The Balaban J connectivity index is 2.38. The Labute approximate surface area is 130 Å². The van der Waals surface area contributed by atoms with Crippen molar-refractivity contribution in [3.8, 4) is 11.5 Å². The summed E-state index contributed by atoms with van der Waals surface area (Å²) in [5.41, 5.74) is 0.681. The van der Waals surface area contributed by atoms with Crippen LogP contribution in [0.3, 0.4) is 0 Å². The quantitative estimate of drug-likeness (QED) is 0.770. The minimum absolute atomic E-state index is 0.423. The summed E-state index contributed by atoms with van der Waals surface area (Å²) >= 11 is 15.3. The first-order valence-corrected chi connectivity index (χ1v) is 7.12. The lowest BCUT2D eigenvalue weighted by molar-refractivity contribution is 0.195. The van der Waals surface area contributed by atoms with Gasteiger partial charge in [0, 0.05) is 15.1 Å². The van der Waals surface area contributed by atoms with Gasteiger partial charge in [0.1, 0.15) is 11.5 Å². The molecule has 0 aliphatic heterocycles. The van der Waals surface area contributed by atoms with Crippen LogP contribution in [0.15, 0.2) is 40.9 Å². The van der Waals surface area contributed by atoms with E-state index in [0.29, 0.717) is 27.1 Å². The van der Waals surface area contributed by atoms with Crippen molar-refractivity contribution in [2.45, 2.75) is 13.0 Å². The van der Waals surface area contributed by atoms with E-state index in [9.17, 15) is 5.11 Å². The monoisotopic (exact) mass is 360 g/mol. The van der Waals surface area contributed by atoms with Crippen LogP contribution in [0.2, 0.25) is 10.0 Å². The van der Waals surface area contributed by atoms with Crippen molar-refractivity contribution in [2.75, 3.05) is 0 Å². The lowest BCUT2D eigenvalue weighted by Crippen LogP contribution is -1.96. The lowest BCUT2D eigenvalue weighted by Gasteiger charge is -2.14. The summed E-state index contributed by atoms with van der Waals surface area (Å²) in [6.07, 6.45) is -0.640. The van der Waals surface area contributed by atoms with Gasteiger partial charge in [0.2, 0.25) is 0 Å². The first-order chi connectivity index (χ1) is 8.97. The number of hydrogen-bond acceptors (Lipinski definition) is 2. The molecule has 100 valence electrons. The summed E-state index contributed by atoms with van der Waals surface area (Å²) in [6, 6.07) is 10.4. The van der Waals surface area contributed by atoms with E-state index in [1.165, 1.54) is 0 Å². The van der Waals surface area contributed by atoms with E-state index in [2.05, 4.69) is 15.9 Å². The molecule has 2 aromatic rings. The van der Waals surface area contributed by atoms with Crippen LogP contribution in [-0.4, -0.2) is 5.11 Å². The molecular weight excluding hydrogens is 351 g/mol. The fourth-order valence-electron chi connectivity index (χ4n) is 1.62. The molecule has 19 heavy (non-hydrogen) atoms. The molecule has 0 aliphatic carbocycles. The van der Waals surface area contributed by atoms with E-state index in [1.807, 2.05) is 12.1 Å². The molecule has 5 heteroatoms.